The first-order valence-electron chi connectivity index (χ1n) is 7.35. The van der Waals surface area contributed by atoms with Gasteiger partial charge in [0.1, 0.15) is 4.88 Å². The summed E-state index contributed by atoms with van der Waals surface area (Å²) in [6.45, 7) is 0. The Morgan fingerprint density at radius 2 is 1.76 bits per heavy atom. The number of halogens is 3. The fraction of sp³-hybridized carbons (Fsp3) is 0.188. The minimum Gasteiger partial charge on any atom is -0.322 e. The maximum absolute atomic E-state index is 13.4. The van der Waals surface area contributed by atoms with Crippen LogP contribution in [0.4, 0.5) is 24.3 Å². The molecule has 0 spiro atoms. The lowest BCUT2D eigenvalue weighted by atomic mass is 10.0. The number of anilines is 2. The summed E-state index contributed by atoms with van der Waals surface area (Å²) >= 11 is 0.493. The standard InChI is InChI=1S/C16H14F3N5S/c17-16(18,19)13-12(11(20)9-10-5-2-1-3-6-10)23-15(25-13)24-14-21-7-4-8-22-14/h1-8,11H,9,20H2,(H,21,22,23,24)/t11-/m0/s1. The van der Waals surface area contributed by atoms with Gasteiger partial charge in [-0.3, -0.25) is 0 Å². The van der Waals surface area contributed by atoms with Gasteiger partial charge in [-0.2, -0.15) is 13.2 Å². The quantitative estimate of drug-likeness (QED) is 0.716. The number of aromatic nitrogens is 3. The number of nitrogens with two attached hydrogens (primary N) is 1. The summed E-state index contributed by atoms with van der Waals surface area (Å²) in [7, 11) is 0. The molecule has 1 aromatic carbocycles. The minimum atomic E-state index is -4.53. The summed E-state index contributed by atoms with van der Waals surface area (Å²) in [5.74, 6) is 0.174. The Morgan fingerprint density at radius 1 is 1.08 bits per heavy atom. The summed E-state index contributed by atoms with van der Waals surface area (Å²) in [5, 5.41) is 2.74. The van der Waals surface area contributed by atoms with Gasteiger partial charge < -0.3 is 11.1 Å². The van der Waals surface area contributed by atoms with Crippen molar-refractivity contribution in [1.29, 1.82) is 0 Å². The van der Waals surface area contributed by atoms with Crippen molar-refractivity contribution in [2.45, 2.75) is 18.6 Å². The van der Waals surface area contributed by atoms with Crippen LogP contribution < -0.4 is 11.1 Å². The number of nitrogens with one attached hydrogen (secondary N) is 1. The number of hydrogen-bond donors (Lipinski definition) is 2. The van der Waals surface area contributed by atoms with E-state index in [1.165, 1.54) is 12.4 Å². The molecular formula is C16H14F3N5S. The van der Waals surface area contributed by atoms with Crippen LogP contribution in [0, 0.1) is 0 Å². The van der Waals surface area contributed by atoms with Gasteiger partial charge in [0.05, 0.1) is 11.7 Å². The van der Waals surface area contributed by atoms with Crippen LogP contribution in [0.3, 0.4) is 0 Å². The molecule has 25 heavy (non-hydrogen) atoms. The number of alkyl halides is 3. The van der Waals surface area contributed by atoms with Gasteiger partial charge >= 0.3 is 6.18 Å². The molecule has 0 aliphatic carbocycles. The molecule has 0 unspecified atom stereocenters. The second-order valence-electron chi connectivity index (χ2n) is 5.22. The van der Waals surface area contributed by atoms with Crippen LogP contribution in [-0.2, 0) is 12.6 Å². The van der Waals surface area contributed by atoms with Crippen molar-refractivity contribution >= 4 is 22.4 Å². The largest absolute Gasteiger partial charge is 0.427 e. The molecule has 9 heteroatoms. The number of hydrogen-bond acceptors (Lipinski definition) is 6. The molecule has 0 saturated heterocycles. The maximum Gasteiger partial charge on any atom is 0.427 e. The highest BCUT2D eigenvalue weighted by atomic mass is 32.1. The third-order valence-electron chi connectivity index (χ3n) is 3.35. The van der Waals surface area contributed by atoms with Gasteiger partial charge in [0.2, 0.25) is 5.95 Å². The van der Waals surface area contributed by atoms with Crippen molar-refractivity contribution in [1.82, 2.24) is 15.0 Å². The average molecular weight is 365 g/mol. The number of thiazole rings is 1. The Hall–Kier alpha value is -2.52. The second kappa shape index (κ2) is 7.16. The first-order valence-corrected chi connectivity index (χ1v) is 8.16. The molecule has 130 valence electrons. The maximum atomic E-state index is 13.4. The summed E-state index contributed by atoms with van der Waals surface area (Å²) in [4.78, 5) is 11.1. The number of nitrogens with zero attached hydrogens (tertiary/aromatic N) is 3. The van der Waals surface area contributed by atoms with Crippen molar-refractivity contribution in [3.63, 3.8) is 0 Å². The van der Waals surface area contributed by atoms with E-state index in [-0.39, 0.29) is 23.2 Å². The highest BCUT2D eigenvalue weighted by Gasteiger charge is 2.38. The first kappa shape index (κ1) is 17.3. The van der Waals surface area contributed by atoms with Crippen LogP contribution >= 0.6 is 11.3 Å². The van der Waals surface area contributed by atoms with E-state index >= 15 is 0 Å². The molecule has 1 atom stereocenters. The molecule has 0 saturated carbocycles. The molecule has 2 aromatic heterocycles. The molecule has 0 aliphatic rings. The zero-order chi connectivity index (χ0) is 17.9. The summed E-state index contributed by atoms with van der Waals surface area (Å²) in [5.41, 5.74) is 6.68. The Labute approximate surface area is 145 Å². The Morgan fingerprint density at radius 3 is 2.40 bits per heavy atom. The molecule has 0 aliphatic heterocycles. The summed E-state index contributed by atoms with van der Waals surface area (Å²) in [6, 6.07) is 9.83. The van der Waals surface area contributed by atoms with E-state index in [0.29, 0.717) is 11.3 Å². The van der Waals surface area contributed by atoms with Crippen LogP contribution in [0.15, 0.2) is 48.8 Å². The van der Waals surface area contributed by atoms with Crippen molar-refractivity contribution in [3.8, 4) is 0 Å². The summed E-state index contributed by atoms with van der Waals surface area (Å²) < 4.78 is 40.1. The molecule has 3 aromatic rings. The molecule has 0 radical (unpaired) electrons. The fourth-order valence-corrected chi connectivity index (χ4v) is 3.16. The summed E-state index contributed by atoms with van der Waals surface area (Å²) in [6.07, 6.45) is -1.31. The van der Waals surface area contributed by atoms with Gasteiger partial charge in [-0.05, 0) is 18.1 Å². The molecule has 0 bridgehead atoms. The molecule has 3 N–H and O–H groups in total. The molecular weight excluding hydrogens is 351 g/mol. The van der Waals surface area contributed by atoms with Crippen LogP contribution in [0.1, 0.15) is 22.2 Å². The third-order valence-corrected chi connectivity index (χ3v) is 4.38. The van der Waals surface area contributed by atoms with E-state index in [1.807, 2.05) is 30.3 Å². The highest BCUT2D eigenvalue weighted by Crippen LogP contribution is 2.41. The van der Waals surface area contributed by atoms with Crippen LogP contribution in [0.5, 0.6) is 0 Å². The molecule has 2 heterocycles. The van der Waals surface area contributed by atoms with Crippen molar-refractivity contribution in [2.75, 3.05) is 5.32 Å². The van der Waals surface area contributed by atoms with E-state index in [4.69, 9.17) is 5.73 Å². The van der Waals surface area contributed by atoms with Gasteiger partial charge in [-0.1, -0.05) is 41.7 Å². The van der Waals surface area contributed by atoms with Gasteiger partial charge in [0, 0.05) is 12.4 Å². The normalized spacial score (nSPS) is 12.8. The zero-order valence-corrected chi connectivity index (χ0v) is 13.7. The zero-order valence-electron chi connectivity index (χ0n) is 12.9. The van der Waals surface area contributed by atoms with Crippen molar-refractivity contribution < 1.29 is 13.2 Å². The van der Waals surface area contributed by atoms with E-state index < -0.39 is 17.1 Å². The average Bonchev–Trinajstić information content (AvgIpc) is 3.01. The minimum absolute atomic E-state index is 0.0528. The number of rotatable bonds is 5. The topological polar surface area (TPSA) is 76.7 Å². The second-order valence-corrected chi connectivity index (χ2v) is 6.22. The van der Waals surface area contributed by atoms with E-state index in [9.17, 15) is 13.2 Å². The van der Waals surface area contributed by atoms with Gasteiger partial charge in [-0.15, -0.1) is 0 Å². The monoisotopic (exact) mass is 365 g/mol. The molecule has 0 fully saturated rings. The molecule has 5 nitrogen and oxygen atoms in total. The fourth-order valence-electron chi connectivity index (χ4n) is 2.26. The van der Waals surface area contributed by atoms with E-state index in [0.717, 1.165) is 5.56 Å². The highest BCUT2D eigenvalue weighted by molar-refractivity contribution is 7.15. The van der Waals surface area contributed by atoms with Crippen LogP contribution in [-0.4, -0.2) is 15.0 Å². The lowest BCUT2D eigenvalue weighted by Crippen LogP contribution is -2.18. The molecule has 0 amide bonds. The predicted molar refractivity (Wildman–Crippen MR) is 89.5 cm³/mol. The van der Waals surface area contributed by atoms with E-state index in [2.05, 4.69) is 20.3 Å². The smallest absolute Gasteiger partial charge is 0.322 e. The Bertz CT molecular complexity index is 821. The van der Waals surface area contributed by atoms with Gasteiger partial charge in [0.25, 0.3) is 0 Å². The third kappa shape index (κ3) is 4.31. The van der Waals surface area contributed by atoms with Crippen LogP contribution in [0.2, 0.25) is 0 Å². The van der Waals surface area contributed by atoms with Gasteiger partial charge in [-0.25, -0.2) is 15.0 Å². The predicted octanol–water partition coefficient (Wildman–Crippen LogP) is 3.94. The lowest BCUT2D eigenvalue weighted by molar-refractivity contribution is -0.135. The van der Waals surface area contributed by atoms with Crippen molar-refractivity contribution in [3.05, 3.63) is 64.9 Å². The lowest BCUT2D eigenvalue weighted by Gasteiger charge is -2.13. The molecule has 3 rings (SSSR count). The van der Waals surface area contributed by atoms with Gasteiger partial charge in [0.15, 0.2) is 5.13 Å². The van der Waals surface area contributed by atoms with Crippen molar-refractivity contribution in [2.24, 2.45) is 5.73 Å². The van der Waals surface area contributed by atoms with E-state index in [1.54, 1.807) is 6.07 Å². The SMILES string of the molecule is N[C@@H](Cc1ccccc1)c1nc(Nc2ncccn2)sc1C(F)(F)F. The first-order chi connectivity index (χ1) is 11.9. The van der Waals surface area contributed by atoms with Crippen LogP contribution in [0.25, 0.3) is 0 Å². The Balaban J connectivity index is 1.88. The number of benzene rings is 1. The Kier molecular flexibility index (Phi) is 4.95.